The largest absolute Gasteiger partial charge is 0.315 e. The van der Waals surface area contributed by atoms with Gasteiger partial charge in [-0.15, -0.1) is 11.8 Å². The summed E-state index contributed by atoms with van der Waals surface area (Å²) in [5.74, 6) is -0.160. The molecule has 1 aliphatic heterocycles. The lowest BCUT2D eigenvalue weighted by atomic mass is 10.0. The van der Waals surface area contributed by atoms with Gasteiger partial charge in [-0.2, -0.15) is 0 Å². The molecule has 2 aromatic rings. The molecule has 31 heavy (non-hydrogen) atoms. The maximum atomic E-state index is 14.1. The fourth-order valence-corrected chi connectivity index (χ4v) is 5.11. The maximum Gasteiger partial charge on any atom is 0.123 e. The van der Waals surface area contributed by atoms with Gasteiger partial charge in [-0.05, 0) is 116 Å². The molecule has 2 aliphatic rings. The Labute approximate surface area is 190 Å². The van der Waals surface area contributed by atoms with Crippen LogP contribution in [-0.2, 0) is 0 Å². The zero-order chi connectivity index (χ0) is 21.6. The molecule has 2 aromatic carbocycles. The van der Waals surface area contributed by atoms with Crippen molar-refractivity contribution in [3.05, 3.63) is 70.5 Å². The molecular weight excluding hydrogens is 403 g/mol. The maximum absolute atomic E-state index is 14.1. The Balaban J connectivity index is 1.46. The second-order valence-electron chi connectivity index (χ2n) is 8.53. The summed E-state index contributed by atoms with van der Waals surface area (Å²) in [7, 11) is 0. The zero-order valence-corrected chi connectivity index (χ0v) is 19.5. The molecule has 4 rings (SSSR count). The number of hydrogen-bond donors (Lipinski definition) is 1. The van der Waals surface area contributed by atoms with Crippen LogP contribution in [0.2, 0.25) is 0 Å². The topological polar surface area (TPSA) is 15.3 Å². The molecule has 0 bridgehead atoms. The number of allylic oxidation sites excluding steroid dienone is 2. The minimum Gasteiger partial charge on any atom is -0.315 e. The van der Waals surface area contributed by atoms with Gasteiger partial charge in [0.25, 0.3) is 0 Å². The van der Waals surface area contributed by atoms with E-state index in [1.54, 1.807) is 23.9 Å². The second kappa shape index (κ2) is 10.6. The number of nitrogens with zero attached hydrogens (tertiary/aromatic N) is 1. The number of thioether (sulfide) groups is 1. The number of nitrogens with one attached hydrogen (secondary N) is 1. The molecular formula is C27H33FN2S. The normalized spacial score (nSPS) is 18.1. The van der Waals surface area contributed by atoms with E-state index in [4.69, 9.17) is 0 Å². The molecule has 1 saturated heterocycles. The molecule has 0 unspecified atom stereocenters. The minimum absolute atomic E-state index is 0.160. The highest BCUT2D eigenvalue weighted by atomic mass is 32.2. The number of piperidine rings is 1. The first-order valence-electron chi connectivity index (χ1n) is 11.4. The lowest BCUT2D eigenvalue weighted by molar-refractivity contribution is 0.229. The van der Waals surface area contributed by atoms with Crippen molar-refractivity contribution >= 4 is 29.0 Å². The third-order valence-corrected chi connectivity index (χ3v) is 7.23. The van der Waals surface area contributed by atoms with Crippen molar-refractivity contribution in [2.45, 2.75) is 37.5 Å². The van der Waals surface area contributed by atoms with E-state index in [0.717, 1.165) is 37.2 Å². The number of benzene rings is 2. The Morgan fingerprint density at radius 3 is 2.52 bits per heavy atom. The molecule has 1 N–H and O–H groups in total. The summed E-state index contributed by atoms with van der Waals surface area (Å²) in [6.07, 6.45) is 9.31. The molecule has 0 saturated carbocycles. The number of likely N-dealkylation sites (tertiary alicyclic amines) is 1. The van der Waals surface area contributed by atoms with Gasteiger partial charge in [0.05, 0.1) is 0 Å². The Bertz CT molecular complexity index is 956. The molecule has 1 fully saturated rings. The van der Waals surface area contributed by atoms with Gasteiger partial charge >= 0.3 is 0 Å². The van der Waals surface area contributed by atoms with Gasteiger partial charge in [-0.1, -0.05) is 24.6 Å². The predicted molar refractivity (Wildman–Crippen MR) is 133 cm³/mol. The quantitative estimate of drug-likeness (QED) is 0.384. The van der Waals surface area contributed by atoms with Gasteiger partial charge in [0.15, 0.2) is 0 Å². The van der Waals surface area contributed by atoms with Crippen LogP contribution in [0.3, 0.4) is 0 Å². The van der Waals surface area contributed by atoms with E-state index >= 15 is 0 Å². The van der Waals surface area contributed by atoms with Crippen molar-refractivity contribution in [3.63, 3.8) is 0 Å². The first kappa shape index (κ1) is 22.3. The molecule has 4 heteroatoms. The summed E-state index contributed by atoms with van der Waals surface area (Å²) < 4.78 is 14.1. The van der Waals surface area contributed by atoms with Gasteiger partial charge in [0, 0.05) is 18.0 Å². The highest BCUT2D eigenvalue weighted by Gasteiger charge is 2.23. The van der Waals surface area contributed by atoms with Crippen molar-refractivity contribution in [2.24, 2.45) is 0 Å². The van der Waals surface area contributed by atoms with E-state index < -0.39 is 0 Å². The van der Waals surface area contributed by atoms with Gasteiger partial charge in [0.1, 0.15) is 5.82 Å². The molecule has 1 aliphatic carbocycles. The predicted octanol–water partition coefficient (Wildman–Crippen LogP) is 6.34. The van der Waals surface area contributed by atoms with Crippen LogP contribution < -0.4 is 5.32 Å². The summed E-state index contributed by atoms with van der Waals surface area (Å²) in [5, 5.41) is 3.61. The smallest absolute Gasteiger partial charge is 0.123 e. The van der Waals surface area contributed by atoms with E-state index in [9.17, 15) is 4.39 Å². The van der Waals surface area contributed by atoms with Gasteiger partial charge in [-0.25, -0.2) is 4.39 Å². The fourth-order valence-electron chi connectivity index (χ4n) is 4.70. The lowest BCUT2D eigenvalue weighted by Crippen LogP contribution is -2.36. The van der Waals surface area contributed by atoms with Crippen LogP contribution in [-0.4, -0.2) is 43.9 Å². The highest BCUT2D eigenvalue weighted by molar-refractivity contribution is 7.98. The van der Waals surface area contributed by atoms with E-state index in [0.29, 0.717) is 0 Å². The van der Waals surface area contributed by atoms with Gasteiger partial charge in [-0.3, -0.25) is 0 Å². The Morgan fingerprint density at radius 2 is 1.77 bits per heavy atom. The second-order valence-corrected chi connectivity index (χ2v) is 9.41. The van der Waals surface area contributed by atoms with Gasteiger partial charge < -0.3 is 10.2 Å². The SMILES string of the molecule is CSc1ccc(/C=C2\C(C)=C(CCNCCN3CCCCC3)c3cc(F)ccc32)cc1. The number of fused-ring (bicyclic) bond motifs is 1. The first-order chi connectivity index (χ1) is 15.2. The Morgan fingerprint density at radius 1 is 1.00 bits per heavy atom. The van der Waals surface area contributed by atoms with Crippen LogP contribution in [0.4, 0.5) is 4.39 Å². The van der Waals surface area contributed by atoms with Crippen molar-refractivity contribution in [3.8, 4) is 0 Å². The van der Waals surface area contributed by atoms with Crippen molar-refractivity contribution in [1.82, 2.24) is 10.2 Å². The van der Waals surface area contributed by atoms with Crippen LogP contribution in [0.25, 0.3) is 17.2 Å². The molecule has 0 amide bonds. The third kappa shape index (κ3) is 5.49. The van der Waals surface area contributed by atoms with E-state index in [2.05, 4.69) is 53.7 Å². The number of rotatable bonds is 8. The molecule has 164 valence electrons. The zero-order valence-electron chi connectivity index (χ0n) is 18.7. The van der Waals surface area contributed by atoms with Crippen LogP contribution in [0, 0.1) is 5.82 Å². The Hall–Kier alpha value is -1.88. The third-order valence-electron chi connectivity index (χ3n) is 6.49. The average Bonchev–Trinajstić information content (AvgIpc) is 3.05. The van der Waals surface area contributed by atoms with Crippen LogP contribution in [0.15, 0.2) is 52.9 Å². The van der Waals surface area contributed by atoms with Crippen LogP contribution in [0.5, 0.6) is 0 Å². The summed E-state index contributed by atoms with van der Waals surface area (Å²) >= 11 is 1.75. The standard InChI is InChI=1S/C27H33FN2S/c1-20-24(12-13-29-14-17-30-15-4-3-5-16-30)27-19-22(28)8-11-25(27)26(20)18-21-6-9-23(31-2)10-7-21/h6-11,18-19,29H,3-5,12-17H2,1-2H3/b26-18+. The highest BCUT2D eigenvalue weighted by Crippen LogP contribution is 2.43. The summed E-state index contributed by atoms with van der Waals surface area (Å²) in [6.45, 7) is 7.73. The molecule has 0 radical (unpaired) electrons. The summed E-state index contributed by atoms with van der Waals surface area (Å²) in [6, 6.07) is 13.9. The van der Waals surface area contributed by atoms with Crippen LogP contribution in [0.1, 0.15) is 49.3 Å². The van der Waals surface area contributed by atoms with E-state index in [1.165, 1.54) is 59.5 Å². The number of hydrogen-bond acceptors (Lipinski definition) is 3. The van der Waals surface area contributed by atoms with Crippen molar-refractivity contribution in [1.29, 1.82) is 0 Å². The summed E-state index contributed by atoms with van der Waals surface area (Å²) in [5.41, 5.74) is 7.15. The molecule has 2 nitrogen and oxygen atoms in total. The van der Waals surface area contributed by atoms with Crippen molar-refractivity contribution in [2.75, 3.05) is 39.0 Å². The van der Waals surface area contributed by atoms with E-state index in [1.807, 2.05) is 6.07 Å². The van der Waals surface area contributed by atoms with Crippen molar-refractivity contribution < 1.29 is 4.39 Å². The number of halogens is 1. The molecule has 0 aromatic heterocycles. The minimum atomic E-state index is -0.160. The van der Waals surface area contributed by atoms with E-state index in [-0.39, 0.29) is 5.82 Å². The molecule has 0 atom stereocenters. The molecule has 1 heterocycles. The lowest BCUT2D eigenvalue weighted by Gasteiger charge is -2.26. The fraction of sp³-hybridized carbons (Fsp3) is 0.407. The van der Waals surface area contributed by atoms with Crippen LogP contribution >= 0.6 is 11.8 Å². The first-order valence-corrected chi connectivity index (χ1v) is 12.7. The Kier molecular flexibility index (Phi) is 7.65. The summed E-state index contributed by atoms with van der Waals surface area (Å²) in [4.78, 5) is 3.82. The molecule has 0 spiro atoms. The van der Waals surface area contributed by atoms with Gasteiger partial charge in [0.2, 0.25) is 0 Å². The average molecular weight is 437 g/mol. The monoisotopic (exact) mass is 436 g/mol.